The van der Waals surface area contributed by atoms with E-state index < -0.39 is 0 Å². The van der Waals surface area contributed by atoms with Crippen molar-refractivity contribution in [2.75, 3.05) is 18.4 Å². The molecule has 0 N–H and O–H groups in total. The molecule has 1 saturated carbocycles. The first-order valence-corrected chi connectivity index (χ1v) is 5.66. The van der Waals surface area contributed by atoms with Gasteiger partial charge in [0.1, 0.15) is 0 Å². The summed E-state index contributed by atoms with van der Waals surface area (Å²) in [6.07, 6.45) is 2.93. The van der Waals surface area contributed by atoms with Crippen LogP contribution in [0.2, 0.25) is 0 Å². The summed E-state index contributed by atoms with van der Waals surface area (Å²) in [7, 11) is 0. The summed E-state index contributed by atoms with van der Waals surface area (Å²) in [5.41, 5.74) is 0. The summed E-state index contributed by atoms with van der Waals surface area (Å²) >= 11 is 3.49. The van der Waals surface area contributed by atoms with Crippen molar-refractivity contribution >= 4 is 15.9 Å². The Balaban J connectivity index is 2.19. The molecule has 0 aliphatic heterocycles. The normalized spacial score (nSPS) is 18.3. The van der Waals surface area contributed by atoms with E-state index in [1.165, 1.54) is 25.9 Å². The number of rotatable bonds is 5. The second-order valence-electron chi connectivity index (χ2n) is 3.72. The first-order chi connectivity index (χ1) is 5.24. The molecule has 0 bridgehead atoms. The van der Waals surface area contributed by atoms with E-state index >= 15 is 0 Å². The van der Waals surface area contributed by atoms with Crippen molar-refractivity contribution in [3.63, 3.8) is 0 Å². The summed E-state index contributed by atoms with van der Waals surface area (Å²) < 4.78 is 0. The molecular weight excluding hydrogens is 202 g/mol. The molecule has 0 radical (unpaired) electrons. The van der Waals surface area contributed by atoms with E-state index in [-0.39, 0.29) is 0 Å². The zero-order valence-corrected chi connectivity index (χ0v) is 9.10. The molecule has 11 heavy (non-hydrogen) atoms. The van der Waals surface area contributed by atoms with Crippen LogP contribution in [0.4, 0.5) is 0 Å². The van der Waals surface area contributed by atoms with Gasteiger partial charge in [0, 0.05) is 24.5 Å². The molecule has 0 aromatic heterocycles. The van der Waals surface area contributed by atoms with Gasteiger partial charge in [0.2, 0.25) is 0 Å². The van der Waals surface area contributed by atoms with Gasteiger partial charge in [0.25, 0.3) is 0 Å². The van der Waals surface area contributed by atoms with E-state index in [2.05, 4.69) is 34.7 Å². The highest BCUT2D eigenvalue weighted by Crippen LogP contribution is 2.30. The Kier molecular flexibility index (Phi) is 3.86. The maximum absolute atomic E-state index is 3.49. The van der Waals surface area contributed by atoms with Crippen molar-refractivity contribution < 1.29 is 0 Å². The minimum Gasteiger partial charge on any atom is -0.300 e. The molecule has 1 aliphatic carbocycles. The van der Waals surface area contributed by atoms with Gasteiger partial charge in [-0.1, -0.05) is 15.9 Å². The van der Waals surface area contributed by atoms with Crippen LogP contribution < -0.4 is 0 Å². The first kappa shape index (κ1) is 9.53. The highest BCUT2D eigenvalue weighted by molar-refractivity contribution is 9.09. The van der Waals surface area contributed by atoms with Crippen molar-refractivity contribution in [3.8, 4) is 0 Å². The molecule has 0 aromatic carbocycles. The third kappa shape index (κ3) is 3.57. The van der Waals surface area contributed by atoms with Gasteiger partial charge in [0.05, 0.1) is 0 Å². The molecule has 1 rings (SSSR count). The summed E-state index contributed by atoms with van der Waals surface area (Å²) in [6.45, 7) is 7.09. The summed E-state index contributed by atoms with van der Waals surface area (Å²) in [5.74, 6) is 1.02. The maximum Gasteiger partial charge on any atom is 0.0159 e. The van der Waals surface area contributed by atoms with Crippen LogP contribution in [0.25, 0.3) is 0 Å². The number of alkyl halides is 1. The highest BCUT2D eigenvalue weighted by atomic mass is 79.9. The minimum atomic E-state index is 0.716. The summed E-state index contributed by atoms with van der Waals surface area (Å²) in [4.78, 5) is 2.56. The Morgan fingerprint density at radius 3 is 2.45 bits per heavy atom. The van der Waals surface area contributed by atoms with E-state index in [1.807, 2.05) is 0 Å². The van der Waals surface area contributed by atoms with Crippen molar-refractivity contribution in [3.05, 3.63) is 0 Å². The molecule has 66 valence electrons. The lowest BCUT2D eigenvalue weighted by Gasteiger charge is -2.25. The second kappa shape index (κ2) is 4.46. The van der Waals surface area contributed by atoms with Crippen molar-refractivity contribution in [2.45, 2.75) is 32.7 Å². The second-order valence-corrected chi connectivity index (χ2v) is 4.51. The molecule has 0 aromatic rings. The topological polar surface area (TPSA) is 3.24 Å². The standard InChI is InChI=1S/C9H18BrN/c1-8(2)11(6-5-10)7-9-3-4-9/h8-9H,3-7H2,1-2H3. The van der Waals surface area contributed by atoms with Crippen molar-refractivity contribution in [1.29, 1.82) is 0 Å². The molecule has 1 aliphatic rings. The largest absolute Gasteiger partial charge is 0.300 e. The smallest absolute Gasteiger partial charge is 0.0159 e. The fourth-order valence-electron chi connectivity index (χ4n) is 1.30. The monoisotopic (exact) mass is 219 g/mol. The maximum atomic E-state index is 3.49. The molecule has 0 amide bonds. The molecule has 0 spiro atoms. The third-order valence-electron chi connectivity index (χ3n) is 2.29. The first-order valence-electron chi connectivity index (χ1n) is 4.54. The average molecular weight is 220 g/mol. The number of halogens is 1. The van der Waals surface area contributed by atoms with Crippen molar-refractivity contribution in [2.24, 2.45) is 5.92 Å². The van der Waals surface area contributed by atoms with Gasteiger partial charge in [0.15, 0.2) is 0 Å². The number of nitrogens with zero attached hydrogens (tertiary/aromatic N) is 1. The molecule has 1 fully saturated rings. The molecular formula is C9H18BrN. The average Bonchev–Trinajstić information content (AvgIpc) is 2.70. The molecule has 0 unspecified atom stereocenters. The lowest BCUT2D eigenvalue weighted by molar-refractivity contribution is 0.227. The summed E-state index contributed by atoms with van der Waals surface area (Å²) in [6, 6.07) is 0.716. The number of hydrogen-bond donors (Lipinski definition) is 0. The summed E-state index contributed by atoms with van der Waals surface area (Å²) in [5, 5.41) is 1.11. The quantitative estimate of drug-likeness (QED) is 0.643. The minimum absolute atomic E-state index is 0.716. The van der Waals surface area contributed by atoms with E-state index in [0.717, 1.165) is 11.2 Å². The van der Waals surface area contributed by atoms with Crippen LogP contribution in [0.15, 0.2) is 0 Å². The molecule has 1 nitrogen and oxygen atoms in total. The zero-order valence-electron chi connectivity index (χ0n) is 7.52. The van der Waals surface area contributed by atoms with Gasteiger partial charge < -0.3 is 0 Å². The molecule has 0 saturated heterocycles. The number of hydrogen-bond acceptors (Lipinski definition) is 1. The predicted octanol–water partition coefficient (Wildman–Crippen LogP) is 2.50. The zero-order chi connectivity index (χ0) is 8.27. The van der Waals surface area contributed by atoms with Crippen molar-refractivity contribution in [1.82, 2.24) is 4.90 Å². The Morgan fingerprint density at radius 2 is 2.09 bits per heavy atom. The van der Waals surface area contributed by atoms with Crippen LogP contribution >= 0.6 is 15.9 Å². The van der Waals surface area contributed by atoms with E-state index in [4.69, 9.17) is 0 Å². The van der Waals surface area contributed by atoms with Gasteiger partial charge in [-0.05, 0) is 32.6 Å². The Labute approximate surface area is 78.3 Å². The molecule has 0 atom stereocenters. The van der Waals surface area contributed by atoms with Gasteiger partial charge >= 0.3 is 0 Å². The Morgan fingerprint density at radius 1 is 1.45 bits per heavy atom. The molecule has 2 heteroatoms. The van der Waals surface area contributed by atoms with Gasteiger partial charge in [-0.2, -0.15) is 0 Å². The van der Waals surface area contributed by atoms with Crippen LogP contribution in [-0.4, -0.2) is 29.4 Å². The Hall–Kier alpha value is 0.440. The highest BCUT2D eigenvalue weighted by Gasteiger charge is 2.24. The molecule has 0 heterocycles. The lowest BCUT2D eigenvalue weighted by Crippen LogP contribution is -2.34. The third-order valence-corrected chi connectivity index (χ3v) is 2.65. The van der Waals surface area contributed by atoms with Crippen LogP contribution in [0, 0.1) is 5.92 Å². The van der Waals surface area contributed by atoms with Gasteiger partial charge in [-0.15, -0.1) is 0 Å². The fraction of sp³-hybridized carbons (Fsp3) is 1.00. The lowest BCUT2D eigenvalue weighted by atomic mass is 10.3. The Bertz CT molecular complexity index is 110. The van der Waals surface area contributed by atoms with Crippen LogP contribution in [0.1, 0.15) is 26.7 Å². The van der Waals surface area contributed by atoms with E-state index in [1.54, 1.807) is 0 Å². The van der Waals surface area contributed by atoms with Crippen LogP contribution in [0.3, 0.4) is 0 Å². The fourth-order valence-corrected chi connectivity index (χ4v) is 1.76. The van der Waals surface area contributed by atoms with E-state index in [9.17, 15) is 0 Å². The van der Waals surface area contributed by atoms with Crippen LogP contribution in [-0.2, 0) is 0 Å². The van der Waals surface area contributed by atoms with Gasteiger partial charge in [-0.3, -0.25) is 4.90 Å². The van der Waals surface area contributed by atoms with E-state index in [0.29, 0.717) is 6.04 Å². The SMILES string of the molecule is CC(C)N(CCBr)CC1CC1. The van der Waals surface area contributed by atoms with Gasteiger partial charge in [-0.25, -0.2) is 0 Å². The predicted molar refractivity (Wildman–Crippen MR) is 53.2 cm³/mol. The van der Waals surface area contributed by atoms with Crippen LogP contribution in [0.5, 0.6) is 0 Å².